The quantitative estimate of drug-likeness (QED) is 0.426. The molecule has 108 valence electrons. The lowest BCUT2D eigenvalue weighted by molar-refractivity contribution is -0.141. The average molecular weight is 307 g/mol. The van der Waals surface area contributed by atoms with Crippen LogP contribution in [0.2, 0.25) is 0 Å². The van der Waals surface area contributed by atoms with Crippen LogP contribution in [-0.4, -0.2) is 24.7 Å². The van der Waals surface area contributed by atoms with E-state index in [-0.39, 0.29) is 16.1 Å². The zero-order valence-corrected chi connectivity index (χ0v) is 10.7. The third-order valence-corrected chi connectivity index (χ3v) is 3.12. The minimum absolute atomic E-state index is 0.0534. The van der Waals surface area contributed by atoms with Crippen LogP contribution < -0.4 is 17.0 Å². The second-order valence-electron chi connectivity index (χ2n) is 3.53. The molecule has 20 heavy (non-hydrogen) atoms. The van der Waals surface area contributed by atoms with Crippen molar-refractivity contribution in [2.45, 2.75) is 16.4 Å². The number of alkyl halides is 3. The topological polar surface area (TPSA) is 115 Å². The Hall–Kier alpha value is -2.08. The average Bonchev–Trinajstić information content (AvgIpc) is 2.69. The smallest absolute Gasteiger partial charge is 0.292 e. The zero-order valence-electron chi connectivity index (χ0n) is 9.89. The number of aromatic amines is 1. The fourth-order valence-electron chi connectivity index (χ4n) is 1.20. The molecule has 0 aliphatic rings. The number of hydrogen-bond acceptors (Lipinski definition) is 7. The minimum Gasteiger partial charge on any atom is -0.292 e. The number of hydrazine groups is 1. The highest BCUT2D eigenvalue weighted by atomic mass is 32.2. The fourth-order valence-corrected chi connectivity index (χ4v) is 2.01. The first kappa shape index (κ1) is 14.3. The minimum atomic E-state index is -4.64. The molecule has 4 N–H and O–H groups in total. The largest absolute Gasteiger partial charge is 0.433 e. The van der Waals surface area contributed by atoms with E-state index in [4.69, 9.17) is 5.84 Å². The summed E-state index contributed by atoms with van der Waals surface area (Å²) in [6.07, 6.45) is -4.64. The van der Waals surface area contributed by atoms with Gasteiger partial charge in [0.25, 0.3) is 0 Å². The molecule has 0 spiro atoms. The van der Waals surface area contributed by atoms with Crippen LogP contribution in [0.1, 0.15) is 5.69 Å². The number of H-pyrrole nitrogens is 1. The van der Waals surface area contributed by atoms with Crippen molar-refractivity contribution in [1.82, 2.24) is 24.7 Å². The maximum absolute atomic E-state index is 12.7. The van der Waals surface area contributed by atoms with Crippen molar-refractivity contribution in [2.75, 3.05) is 5.43 Å². The van der Waals surface area contributed by atoms with Crippen LogP contribution in [0.25, 0.3) is 0 Å². The molecule has 2 aromatic rings. The number of rotatable bonds is 3. The predicted octanol–water partition coefficient (Wildman–Crippen LogP) is 0.354. The van der Waals surface area contributed by atoms with Crippen LogP contribution in [0.3, 0.4) is 0 Å². The van der Waals surface area contributed by atoms with Crippen molar-refractivity contribution < 1.29 is 13.2 Å². The maximum atomic E-state index is 12.7. The van der Waals surface area contributed by atoms with Gasteiger partial charge in [0.1, 0.15) is 5.03 Å². The zero-order chi connectivity index (χ0) is 14.9. The Balaban J connectivity index is 2.41. The third kappa shape index (κ3) is 2.91. The van der Waals surface area contributed by atoms with Crippen molar-refractivity contribution in [1.29, 1.82) is 0 Å². The number of aromatic nitrogens is 5. The Kier molecular flexibility index (Phi) is 3.67. The van der Waals surface area contributed by atoms with Gasteiger partial charge >= 0.3 is 11.9 Å². The Morgan fingerprint density at radius 1 is 1.45 bits per heavy atom. The molecule has 2 rings (SSSR count). The lowest BCUT2D eigenvalue weighted by Crippen LogP contribution is -2.16. The molecule has 0 amide bonds. The van der Waals surface area contributed by atoms with Gasteiger partial charge in [0, 0.05) is 13.1 Å². The second kappa shape index (κ2) is 5.13. The van der Waals surface area contributed by atoms with Crippen LogP contribution in [0, 0.1) is 0 Å². The molecule has 0 atom stereocenters. The second-order valence-corrected chi connectivity index (χ2v) is 4.52. The van der Waals surface area contributed by atoms with E-state index < -0.39 is 17.6 Å². The summed E-state index contributed by atoms with van der Waals surface area (Å²) in [7, 11) is 1.42. The summed E-state index contributed by atoms with van der Waals surface area (Å²) in [6, 6.07) is 0.741. The highest BCUT2D eigenvalue weighted by molar-refractivity contribution is 7.99. The molecule has 0 radical (unpaired) electrons. The maximum Gasteiger partial charge on any atom is 0.433 e. The van der Waals surface area contributed by atoms with E-state index in [0.717, 1.165) is 22.4 Å². The highest BCUT2D eigenvalue weighted by Gasteiger charge is 2.34. The van der Waals surface area contributed by atoms with E-state index in [0.29, 0.717) is 0 Å². The molecule has 8 nitrogen and oxygen atoms in total. The summed E-state index contributed by atoms with van der Waals surface area (Å²) in [5, 5.41) is 5.92. The molecule has 0 unspecified atom stereocenters. The van der Waals surface area contributed by atoms with E-state index in [9.17, 15) is 18.0 Å². The molecular weight excluding hydrogens is 299 g/mol. The lowest BCUT2D eigenvalue weighted by atomic mass is 10.4. The first-order chi connectivity index (χ1) is 9.31. The summed E-state index contributed by atoms with van der Waals surface area (Å²) >= 11 is 0.769. The standard InChI is InChI=1S/C8H8F3N7OS/c1-18-6(19)16-17-7(18)20-4-2-3(8(9,10)11)13-5(14-4)15-12/h2H,12H2,1H3,(H,16,19)(H,13,14,15). The van der Waals surface area contributed by atoms with E-state index in [1.165, 1.54) is 7.05 Å². The van der Waals surface area contributed by atoms with Crippen molar-refractivity contribution in [3.05, 3.63) is 22.2 Å². The van der Waals surface area contributed by atoms with E-state index in [1.54, 1.807) is 0 Å². The first-order valence-corrected chi connectivity index (χ1v) is 5.85. The highest BCUT2D eigenvalue weighted by Crippen LogP contribution is 2.32. The van der Waals surface area contributed by atoms with Crippen LogP contribution in [0.15, 0.2) is 21.0 Å². The fraction of sp³-hybridized carbons (Fsp3) is 0.250. The first-order valence-electron chi connectivity index (χ1n) is 5.03. The monoisotopic (exact) mass is 307 g/mol. The van der Waals surface area contributed by atoms with Crippen LogP contribution in [0.4, 0.5) is 19.1 Å². The van der Waals surface area contributed by atoms with Gasteiger partial charge in [-0.1, -0.05) is 0 Å². The molecule has 0 bridgehead atoms. The molecule has 2 heterocycles. The molecule has 0 saturated carbocycles. The number of nitrogens with zero attached hydrogens (tertiary/aromatic N) is 4. The van der Waals surface area contributed by atoms with Gasteiger partial charge in [-0.05, 0) is 11.8 Å². The van der Waals surface area contributed by atoms with Gasteiger partial charge in [-0.15, -0.1) is 5.10 Å². The number of nitrogen functional groups attached to an aromatic ring is 1. The molecule has 0 fully saturated rings. The number of halogens is 3. The molecule has 0 saturated heterocycles. The Morgan fingerprint density at radius 3 is 2.65 bits per heavy atom. The Morgan fingerprint density at radius 2 is 2.15 bits per heavy atom. The van der Waals surface area contributed by atoms with Gasteiger partial charge in [-0.2, -0.15) is 13.2 Å². The summed E-state index contributed by atoms with van der Waals surface area (Å²) in [5.74, 6) is 4.64. The Bertz CT molecular complexity index is 679. The van der Waals surface area contributed by atoms with Gasteiger partial charge < -0.3 is 0 Å². The third-order valence-electron chi connectivity index (χ3n) is 2.16. The van der Waals surface area contributed by atoms with Crippen LogP contribution in [-0.2, 0) is 13.2 Å². The van der Waals surface area contributed by atoms with Crippen molar-refractivity contribution >= 4 is 17.7 Å². The molecule has 0 aliphatic heterocycles. The Labute approximate surface area is 113 Å². The number of anilines is 1. The molecule has 0 aromatic carbocycles. The normalized spacial score (nSPS) is 11.7. The van der Waals surface area contributed by atoms with E-state index in [1.807, 2.05) is 5.43 Å². The van der Waals surface area contributed by atoms with Crippen molar-refractivity contribution in [3.8, 4) is 0 Å². The lowest BCUT2D eigenvalue weighted by Gasteiger charge is -2.09. The van der Waals surface area contributed by atoms with Gasteiger partial charge in [0.15, 0.2) is 10.9 Å². The summed E-state index contributed by atoms with van der Waals surface area (Å²) in [4.78, 5) is 18.1. The van der Waals surface area contributed by atoms with E-state index in [2.05, 4.69) is 20.2 Å². The SMILES string of the molecule is Cn1c(Sc2cc(C(F)(F)F)nc(NN)n2)n[nH]c1=O. The molecule has 2 aromatic heterocycles. The van der Waals surface area contributed by atoms with Crippen molar-refractivity contribution in [2.24, 2.45) is 12.9 Å². The number of nitrogens with one attached hydrogen (secondary N) is 2. The molecule has 0 aliphatic carbocycles. The van der Waals surface area contributed by atoms with Gasteiger partial charge in [0.2, 0.25) is 5.95 Å². The number of hydrogen-bond donors (Lipinski definition) is 3. The van der Waals surface area contributed by atoms with Gasteiger partial charge in [-0.25, -0.2) is 25.7 Å². The van der Waals surface area contributed by atoms with Gasteiger partial charge in [0.05, 0.1) is 0 Å². The van der Waals surface area contributed by atoms with E-state index >= 15 is 0 Å². The van der Waals surface area contributed by atoms with Crippen LogP contribution in [0.5, 0.6) is 0 Å². The summed E-state index contributed by atoms with van der Waals surface area (Å²) in [5.41, 5.74) is 0.313. The van der Waals surface area contributed by atoms with Gasteiger partial charge in [-0.3, -0.25) is 9.99 Å². The summed E-state index contributed by atoms with van der Waals surface area (Å²) in [6.45, 7) is 0. The summed E-state index contributed by atoms with van der Waals surface area (Å²) < 4.78 is 39.1. The van der Waals surface area contributed by atoms with Crippen molar-refractivity contribution in [3.63, 3.8) is 0 Å². The molecular formula is C8H8F3N7OS. The predicted molar refractivity (Wildman–Crippen MR) is 62.8 cm³/mol. The number of nitrogens with two attached hydrogens (primary N) is 1. The van der Waals surface area contributed by atoms with Crippen LogP contribution >= 0.6 is 11.8 Å². The molecule has 12 heteroatoms.